The molecule has 1 aliphatic heterocycles. The highest BCUT2D eigenvalue weighted by atomic mass is 15.1. The van der Waals surface area contributed by atoms with Gasteiger partial charge in [-0.3, -0.25) is 4.90 Å². The van der Waals surface area contributed by atoms with Crippen molar-refractivity contribution in [1.82, 2.24) is 4.90 Å². The fraction of sp³-hybridized carbons (Fsp3) is 0.800. The van der Waals surface area contributed by atoms with E-state index < -0.39 is 0 Å². The number of likely N-dealkylation sites (tertiary alicyclic amines) is 1. The van der Waals surface area contributed by atoms with Crippen molar-refractivity contribution in [2.75, 3.05) is 19.6 Å². The molecule has 0 radical (unpaired) electrons. The minimum atomic E-state index is 0.407. The number of hydrogen-bond acceptors (Lipinski definition) is 2. The van der Waals surface area contributed by atoms with Gasteiger partial charge in [0, 0.05) is 19.1 Å². The van der Waals surface area contributed by atoms with Crippen LogP contribution in [-0.2, 0) is 0 Å². The van der Waals surface area contributed by atoms with E-state index in [1.165, 1.54) is 25.0 Å². The zero-order valence-corrected chi connectivity index (χ0v) is 8.21. The molecule has 1 aliphatic rings. The summed E-state index contributed by atoms with van der Waals surface area (Å²) in [5.74, 6) is 0. The first-order valence-electron chi connectivity index (χ1n) is 4.80. The van der Waals surface area contributed by atoms with Crippen LogP contribution in [0.5, 0.6) is 0 Å². The molecule has 1 unspecified atom stereocenters. The van der Waals surface area contributed by atoms with Crippen LogP contribution < -0.4 is 5.73 Å². The van der Waals surface area contributed by atoms with Gasteiger partial charge in [0.2, 0.25) is 0 Å². The maximum atomic E-state index is 5.87. The second-order valence-electron chi connectivity index (χ2n) is 3.94. The summed E-state index contributed by atoms with van der Waals surface area (Å²) in [6.07, 6.45) is 4.74. The molecule has 12 heavy (non-hydrogen) atoms. The Kier molecular flexibility index (Phi) is 3.76. The molecule has 0 spiro atoms. The Morgan fingerprint density at radius 1 is 1.58 bits per heavy atom. The molecule has 1 rings (SSSR count). The van der Waals surface area contributed by atoms with Crippen molar-refractivity contribution in [2.45, 2.75) is 32.7 Å². The minimum Gasteiger partial charge on any atom is -0.327 e. The van der Waals surface area contributed by atoms with Crippen LogP contribution in [0.1, 0.15) is 26.7 Å². The number of nitrogens with zero attached hydrogens (tertiary/aromatic N) is 1. The van der Waals surface area contributed by atoms with Crippen molar-refractivity contribution in [2.24, 2.45) is 5.73 Å². The Balaban J connectivity index is 2.27. The second-order valence-corrected chi connectivity index (χ2v) is 3.94. The van der Waals surface area contributed by atoms with Crippen LogP contribution in [0.3, 0.4) is 0 Å². The Labute approximate surface area is 75.4 Å². The molecular weight excluding hydrogens is 148 g/mol. The van der Waals surface area contributed by atoms with E-state index in [-0.39, 0.29) is 0 Å². The summed E-state index contributed by atoms with van der Waals surface area (Å²) < 4.78 is 0. The molecule has 2 N–H and O–H groups in total. The summed E-state index contributed by atoms with van der Waals surface area (Å²) in [6.45, 7) is 7.66. The summed E-state index contributed by atoms with van der Waals surface area (Å²) in [7, 11) is 0. The highest BCUT2D eigenvalue weighted by molar-refractivity contribution is 4.95. The van der Waals surface area contributed by atoms with Crippen LogP contribution >= 0.6 is 0 Å². The van der Waals surface area contributed by atoms with Crippen LogP contribution in [0, 0.1) is 0 Å². The molecule has 1 heterocycles. The van der Waals surface area contributed by atoms with E-state index >= 15 is 0 Å². The normalized spacial score (nSPS) is 25.4. The van der Waals surface area contributed by atoms with Crippen LogP contribution in [0.15, 0.2) is 11.6 Å². The molecule has 0 saturated carbocycles. The van der Waals surface area contributed by atoms with E-state index in [2.05, 4.69) is 24.8 Å². The van der Waals surface area contributed by atoms with E-state index in [1.54, 1.807) is 0 Å². The van der Waals surface area contributed by atoms with Crippen LogP contribution in [-0.4, -0.2) is 30.6 Å². The molecule has 70 valence electrons. The van der Waals surface area contributed by atoms with Gasteiger partial charge in [0.05, 0.1) is 0 Å². The Bertz CT molecular complexity index is 159. The lowest BCUT2D eigenvalue weighted by molar-refractivity contribution is 0.229. The first-order chi connectivity index (χ1) is 5.68. The van der Waals surface area contributed by atoms with Crippen molar-refractivity contribution in [3.63, 3.8) is 0 Å². The molecule has 0 aromatic heterocycles. The number of piperidine rings is 1. The van der Waals surface area contributed by atoms with Crippen LogP contribution in [0.4, 0.5) is 0 Å². The van der Waals surface area contributed by atoms with Gasteiger partial charge in [-0.2, -0.15) is 0 Å². The molecule has 1 saturated heterocycles. The van der Waals surface area contributed by atoms with Crippen molar-refractivity contribution >= 4 is 0 Å². The topological polar surface area (TPSA) is 29.3 Å². The van der Waals surface area contributed by atoms with Gasteiger partial charge in [0.25, 0.3) is 0 Å². The standard InChI is InChI=1S/C10H20N2/c1-9(2)5-7-12-6-3-4-10(11)8-12/h5,10H,3-4,6-8,11H2,1-2H3. The van der Waals surface area contributed by atoms with Crippen LogP contribution in [0.2, 0.25) is 0 Å². The van der Waals surface area contributed by atoms with Gasteiger partial charge in [-0.1, -0.05) is 11.6 Å². The quantitative estimate of drug-likeness (QED) is 0.631. The van der Waals surface area contributed by atoms with Gasteiger partial charge in [-0.25, -0.2) is 0 Å². The lowest BCUT2D eigenvalue weighted by Gasteiger charge is -2.29. The highest BCUT2D eigenvalue weighted by Gasteiger charge is 2.14. The van der Waals surface area contributed by atoms with E-state index in [0.717, 1.165) is 13.1 Å². The van der Waals surface area contributed by atoms with Gasteiger partial charge >= 0.3 is 0 Å². The van der Waals surface area contributed by atoms with Gasteiger partial charge in [0.15, 0.2) is 0 Å². The first-order valence-corrected chi connectivity index (χ1v) is 4.80. The molecule has 0 aliphatic carbocycles. The third-order valence-electron chi connectivity index (χ3n) is 2.30. The molecule has 0 aromatic rings. The molecule has 2 heteroatoms. The molecule has 0 bridgehead atoms. The van der Waals surface area contributed by atoms with E-state index in [4.69, 9.17) is 5.73 Å². The molecule has 2 nitrogen and oxygen atoms in total. The van der Waals surface area contributed by atoms with Gasteiger partial charge in [-0.15, -0.1) is 0 Å². The molecule has 0 aromatic carbocycles. The number of nitrogens with two attached hydrogens (primary N) is 1. The van der Waals surface area contributed by atoms with Gasteiger partial charge in [0.1, 0.15) is 0 Å². The smallest absolute Gasteiger partial charge is 0.0168 e. The monoisotopic (exact) mass is 168 g/mol. The Morgan fingerprint density at radius 3 is 2.92 bits per heavy atom. The summed E-state index contributed by atoms with van der Waals surface area (Å²) in [4.78, 5) is 2.43. The summed E-state index contributed by atoms with van der Waals surface area (Å²) in [5.41, 5.74) is 7.27. The Morgan fingerprint density at radius 2 is 2.33 bits per heavy atom. The maximum Gasteiger partial charge on any atom is 0.0168 e. The second kappa shape index (κ2) is 4.63. The maximum absolute atomic E-state index is 5.87. The highest BCUT2D eigenvalue weighted by Crippen LogP contribution is 2.07. The summed E-state index contributed by atoms with van der Waals surface area (Å²) in [6, 6.07) is 0.407. The number of allylic oxidation sites excluding steroid dienone is 1. The van der Waals surface area contributed by atoms with Crippen molar-refractivity contribution in [1.29, 1.82) is 0 Å². The summed E-state index contributed by atoms with van der Waals surface area (Å²) in [5, 5.41) is 0. The van der Waals surface area contributed by atoms with Gasteiger partial charge in [-0.05, 0) is 33.2 Å². The SMILES string of the molecule is CC(C)=CCN1CCCC(N)C1. The van der Waals surface area contributed by atoms with Gasteiger partial charge < -0.3 is 5.73 Å². The lowest BCUT2D eigenvalue weighted by Crippen LogP contribution is -2.42. The van der Waals surface area contributed by atoms with Crippen molar-refractivity contribution in [3.8, 4) is 0 Å². The molecular formula is C10H20N2. The third-order valence-corrected chi connectivity index (χ3v) is 2.30. The average molecular weight is 168 g/mol. The van der Waals surface area contributed by atoms with Crippen LogP contribution in [0.25, 0.3) is 0 Å². The number of rotatable bonds is 2. The molecule has 0 amide bonds. The first kappa shape index (κ1) is 9.75. The zero-order valence-electron chi connectivity index (χ0n) is 8.21. The fourth-order valence-electron chi connectivity index (χ4n) is 1.57. The minimum absolute atomic E-state index is 0.407. The Hall–Kier alpha value is -0.340. The van der Waals surface area contributed by atoms with E-state index in [1.807, 2.05) is 0 Å². The molecule has 1 fully saturated rings. The fourth-order valence-corrected chi connectivity index (χ4v) is 1.57. The van der Waals surface area contributed by atoms with Crippen molar-refractivity contribution < 1.29 is 0 Å². The van der Waals surface area contributed by atoms with E-state index in [0.29, 0.717) is 6.04 Å². The summed E-state index contributed by atoms with van der Waals surface area (Å²) >= 11 is 0. The third kappa shape index (κ3) is 3.37. The largest absolute Gasteiger partial charge is 0.327 e. The van der Waals surface area contributed by atoms with Crippen molar-refractivity contribution in [3.05, 3.63) is 11.6 Å². The average Bonchev–Trinajstić information content (AvgIpc) is 2.01. The predicted molar refractivity (Wildman–Crippen MR) is 53.1 cm³/mol. The molecule has 1 atom stereocenters. The predicted octanol–water partition coefficient (Wildman–Crippen LogP) is 1.38. The lowest BCUT2D eigenvalue weighted by atomic mass is 10.1. The number of hydrogen-bond donors (Lipinski definition) is 1. The zero-order chi connectivity index (χ0) is 8.97. The van der Waals surface area contributed by atoms with E-state index in [9.17, 15) is 0 Å².